The summed E-state index contributed by atoms with van der Waals surface area (Å²) in [6.07, 6.45) is 16.7. The monoisotopic (exact) mass is 1900 g/mol. The van der Waals surface area contributed by atoms with Gasteiger partial charge in [-0.05, 0) is 0 Å². The van der Waals surface area contributed by atoms with Crippen LogP contribution in [0, 0.1) is 0 Å². The van der Waals surface area contributed by atoms with Crippen LogP contribution in [0.2, 0.25) is 0 Å². The van der Waals surface area contributed by atoms with Gasteiger partial charge in [0.25, 0.3) is 0 Å². The summed E-state index contributed by atoms with van der Waals surface area (Å²) in [5, 5.41) is 17.9. The first-order valence-corrected chi connectivity index (χ1v) is 53.0. The Bertz CT molecular complexity index is 9590. The van der Waals surface area contributed by atoms with Crippen molar-refractivity contribution in [3.8, 4) is 0 Å². The molecule has 4 aliphatic heterocycles. The second-order valence-electron chi connectivity index (χ2n) is 35.3. The van der Waals surface area contributed by atoms with Crippen LogP contribution < -0.4 is 54.4 Å². The number of benzene rings is 16. The summed E-state index contributed by atoms with van der Waals surface area (Å²) in [5.41, 5.74) is 50.0. The summed E-state index contributed by atoms with van der Waals surface area (Å²) < 4.78 is 21.5. The van der Waals surface area contributed by atoms with Crippen LogP contribution in [-0.2, 0) is 0 Å². The number of hydrogen-bond donors (Lipinski definition) is 8. The molecule has 26 aromatic rings. The molecule has 16 aromatic carbocycles. The molecule has 0 atom stereocenters. The standard InChI is InChI=1S/C112H72N24.ClH.In/c1-17-41-81-65(25-1)49-57-129(81)121-97-73-33-9-10-34-74(73)98(122-130-58-50-66-26-2-18-42-82(66)130)90-89(97)105-113-106(90)118-108-93-94(102(126-134-62-54-70-30-6-22-46-86(70)134)78-38-14-13-37-77(78)101(93)125-133-61-53-69-29-5-21-45-85(69)133)110(115-108)120-112-96-95(103(127-135-63-55-71-31-7-23-47-87(71)135)79-39-15-16-40-80(79)104(96)128-136-64-56-72-32-8-24-48-88(72)136)111(116-112)119-109-92-91(107(114-109)117-105)99(123-131-59-51-67-27-3-19-43-83(67)131)75-35-11-12-36-76(75)100(92)124-132-60-52-68-28-4-20-44-84(68)132;;/h1-64,121-128H;1H;/q-2;;+3/p-1. The molecule has 138 heavy (non-hydrogen) atoms. The molecule has 24 nitrogen and oxygen atoms in total. The normalized spacial score (nSPS) is 13.2. The number of hydrogen-bond acceptors (Lipinski definition) is 14. The van der Waals surface area contributed by atoms with Crippen molar-refractivity contribution < 1.29 is 0 Å². The zero-order chi connectivity index (χ0) is 90.2. The number of halogens is 1. The van der Waals surface area contributed by atoms with Gasteiger partial charge in [-0.2, -0.15) is 0 Å². The van der Waals surface area contributed by atoms with E-state index in [1.807, 2.05) is 0 Å². The Morgan fingerprint density at radius 1 is 0.181 bits per heavy atom. The average Bonchev–Trinajstić information content (AvgIpc) is 1.52. The van der Waals surface area contributed by atoms with Crippen LogP contribution >= 0.6 is 8.58 Å². The van der Waals surface area contributed by atoms with Crippen LogP contribution in [0.1, 0.15) is 22.3 Å². The molecule has 0 fully saturated rings. The molecule has 4 aliphatic rings. The van der Waals surface area contributed by atoms with E-state index < -0.39 is 20.8 Å². The summed E-state index contributed by atoms with van der Waals surface area (Å²) in [4.78, 5) is 38.7. The van der Waals surface area contributed by atoms with E-state index in [1.54, 1.807) is 0 Å². The van der Waals surface area contributed by atoms with Crippen LogP contribution in [0.15, 0.2) is 419 Å². The molecule has 26 heteroatoms. The van der Waals surface area contributed by atoms with Gasteiger partial charge in [-0.3, -0.25) is 0 Å². The number of fused-ring (bicyclic) bond motifs is 26. The molecular formula is C112H72ClInN24. The maximum absolute atomic E-state index is 9.91. The van der Waals surface area contributed by atoms with Crippen molar-refractivity contribution in [2.24, 2.45) is 30.0 Å². The molecule has 0 saturated heterocycles. The topological polar surface area (TPSA) is 220 Å². The Hall–Kier alpha value is -18.2. The fourth-order valence-electron chi connectivity index (χ4n) is 21.7. The molecule has 650 valence electrons. The summed E-state index contributed by atoms with van der Waals surface area (Å²) in [5.74, 6) is 2.24. The third-order valence-electron chi connectivity index (χ3n) is 27.9. The van der Waals surface area contributed by atoms with E-state index in [-0.39, 0.29) is 0 Å². The molecule has 8 N–H and O–H groups in total. The van der Waals surface area contributed by atoms with Gasteiger partial charge in [-0.25, -0.2) is 0 Å². The SMILES string of the molecule is [Cl][In]1[n]2c3c4c(Nn5ccc6ccccc65)c5ccccc5c(Nn5ccc6ccccc65)c4c2N=C2N=C(N=c4c5c(Nn6ccc7ccccc76)c6ccccc6c(Nn6ccc7ccccc76)c5c([n]41)=NC1=NC(=N3)c3c1c(Nn1ccc4ccccc41)c1ccccc1c3Nn1ccc3ccccc31)c1c2c(Nn2ccc3ccccc32)c2ccccc2c1Nn1ccc2ccccc21. The van der Waals surface area contributed by atoms with Gasteiger partial charge in [-0.15, -0.1) is 0 Å². The molecule has 0 radical (unpaired) electrons. The Balaban J connectivity index is 0.850. The third kappa shape index (κ3) is 11.3. The van der Waals surface area contributed by atoms with Gasteiger partial charge in [-0.1, -0.05) is 0 Å². The molecular weight excluding hydrogens is 1830 g/mol. The molecule has 6 bridgehead atoms. The number of nitrogens with one attached hydrogen (secondary N) is 8. The average molecular weight is 1900 g/mol. The first kappa shape index (κ1) is 76.4. The van der Waals surface area contributed by atoms with Crippen molar-refractivity contribution >= 4 is 262 Å². The van der Waals surface area contributed by atoms with Gasteiger partial charge in [0.05, 0.1) is 0 Å². The predicted molar refractivity (Wildman–Crippen MR) is 565 cm³/mol. The minimum atomic E-state index is -5.36. The minimum absolute atomic E-state index is 0.336. The molecule has 0 spiro atoms. The molecule has 30 rings (SSSR count). The van der Waals surface area contributed by atoms with E-state index in [1.165, 1.54) is 0 Å². The zero-order valence-electron chi connectivity index (χ0n) is 73.1. The Labute approximate surface area is 794 Å². The Morgan fingerprint density at radius 2 is 0.362 bits per heavy atom. The van der Waals surface area contributed by atoms with E-state index in [0.717, 1.165) is 130 Å². The molecule has 0 unspecified atom stereocenters. The van der Waals surface area contributed by atoms with Crippen LogP contribution in [0.3, 0.4) is 0 Å². The van der Waals surface area contributed by atoms with Crippen molar-refractivity contribution in [2.45, 2.75) is 0 Å². The molecule has 0 aliphatic carbocycles. The molecule has 10 aromatic heterocycles. The molecule has 0 amide bonds. The van der Waals surface area contributed by atoms with Crippen LogP contribution in [-0.4, -0.2) is 86.7 Å². The van der Waals surface area contributed by atoms with E-state index in [2.05, 4.69) is 475 Å². The number of aliphatic imine (C=N–C) groups is 4. The number of amidine groups is 4. The second kappa shape index (κ2) is 29.4. The number of anilines is 8. The van der Waals surface area contributed by atoms with E-state index in [9.17, 15) is 8.58 Å². The number of nitrogens with zero attached hydrogens (tertiary/aromatic N) is 16. The Morgan fingerprint density at radius 3 is 0.587 bits per heavy atom. The van der Waals surface area contributed by atoms with Gasteiger partial charge in [0.2, 0.25) is 0 Å². The first-order chi connectivity index (χ1) is 68.3. The van der Waals surface area contributed by atoms with Crippen molar-refractivity contribution in [3.05, 3.63) is 423 Å². The first-order valence-electron chi connectivity index (χ1n) is 45.9. The summed E-state index contributed by atoms with van der Waals surface area (Å²) in [6.45, 7) is 0. The second-order valence-corrected chi connectivity index (χ2v) is 42.7. The van der Waals surface area contributed by atoms with E-state index in [4.69, 9.17) is 30.0 Å². The third-order valence-corrected chi connectivity index (χ3v) is 35.8. The summed E-state index contributed by atoms with van der Waals surface area (Å²) in [6, 6.07) is 119. The molecule has 14 heterocycles. The van der Waals surface area contributed by atoms with E-state index in [0.29, 0.717) is 135 Å². The van der Waals surface area contributed by atoms with Gasteiger partial charge in [0.1, 0.15) is 0 Å². The zero-order valence-corrected chi connectivity index (χ0v) is 77.1. The van der Waals surface area contributed by atoms with Gasteiger partial charge in [0, 0.05) is 0 Å². The predicted octanol–water partition coefficient (Wildman–Crippen LogP) is 24.4. The van der Waals surface area contributed by atoms with Crippen molar-refractivity contribution in [1.29, 1.82) is 0 Å². The number of aromatic nitrogens is 10. The fourth-order valence-corrected chi connectivity index (χ4v) is 29.2. The van der Waals surface area contributed by atoms with Crippen LogP contribution in [0.5, 0.6) is 0 Å². The van der Waals surface area contributed by atoms with Crippen molar-refractivity contribution in [3.63, 3.8) is 0 Å². The fraction of sp³-hybridized carbons (Fsp3) is 0. The quantitative estimate of drug-likeness (QED) is 0.0434. The Kier molecular flexibility index (Phi) is 16.3. The van der Waals surface area contributed by atoms with Gasteiger partial charge in [0.15, 0.2) is 0 Å². The maximum atomic E-state index is 9.91. The van der Waals surface area contributed by atoms with Gasteiger partial charge < -0.3 is 0 Å². The van der Waals surface area contributed by atoms with E-state index >= 15 is 0 Å². The van der Waals surface area contributed by atoms with Gasteiger partial charge >= 0.3 is 800 Å². The van der Waals surface area contributed by atoms with Crippen molar-refractivity contribution in [1.82, 2.24) is 42.5 Å². The van der Waals surface area contributed by atoms with Crippen molar-refractivity contribution in [2.75, 3.05) is 43.4 Å². The number of para-hydroxylation sites is 8. The van der Waals surface area contributed by atoms with Crippen LogP contribution in [0.25, 0.3) is 152 Å². The number of rotatable bonds is 16. The molecule has 0 saturated carbocycles. The summed E-state index contributed by atoms with van der Waals surface area (Å²) in [7, 11) is 9.91. The summed E-state index contributed by atoms with van der Waals surface area (Å²) >= 11 is -5.36. The van der Waals surface area contributed by atoms with Crippen LogP contribution in [0.4, 0.5) is 57.1 Å².